The molecule has 0 aliphatic heterocycles. The molecule has 0 bridgehead atoms. The molecule has 0 radical (unpaired) electrons. The topological polar surface area (TPSA) is 82.5 Å². The van der Waals surface area contributed by atoms with Gasteiger partial charge in [-0.2, -0.15) is 0 Å². The number of nitrogens with one attached hydrogen (secondary N) is 1. The minimum absolute atomic E-state index is 0.134. The lowest BCUT2D eigenvalue weighted by molar-refractivity contribution is 0.102. The maximum atomic E-state index is 12.8. The second-order valence-electron chi connectivity index (χ2n) is 6.09. The Morgan fingerprint density at radius 2 is 1.89 bits per heavy atom. The number of carbonyl (C=O) groups excluding carboxylic acids is 1. The number of ether oxygens (including phenoxy) is 2. The van der Waals surface area contributed by atoms with Gasteiger partial charge in [-0.15, -0.1) is 0 Å². The van der Waals surface area contributed by atoms with Crippen LogP contribution in [0.4, 0.5) is 5.69 Å². The summed E-state index contributed by atoms with van der Waals surface area (Å²) in [4.78, 5) is 29.3. The molecule has 28 heavy (non-hydrogen) atoms. The molecule has 0 saturated heterocycles. The molecule has 146 valence electrons. The van der Waals surface area contributed by atoms with E-state index in [0.717, 1.165) is 0 Å². The second-order valence-corrected chi connectivity index (χ2v) is 6.50. The summed E-state index contributed by atoms with van der Waals surface area (Å²) in [7, 11) is 2.99. The van der Waals surface area contributed by atoms with Gasteiger partial charge in [-0.1, -0.05) is 11.6 Å². The molecule has 3 aromatic rings. The van der Waals surface area contributed by atoms with Gasteiger partial charge in [0.15, 0.2) is 0 Å². The molecule has 0 aliphatic carbocycles. The normalized spacial score (nSPS) is 10.8. The number of halogens is 1. The lowest BCUT2D eigenvalue weighted by Gasteiger charge is -2.14. The molecule has 0 spiro atoms. The Hall–Kier alpha value is -3.06. The number of methoxy groups -OCH3 is 2. The van der Waals surface area contributed by atoms with E-state index in [1.165, 1.54) is 14.2 Å². The first-order chi connectivity index (χ1) is 13.4. The molecule has 1 N–H and O–H groups in total. The molecule has 0 aliphatic rings. The van der Waals surface area contributed by atoms with Crippen molar-refractivity contribution in [2.75, 3.05) is 19.5 Å². The number of aryl methyl sites for hydroxylation is 2. The van der Waals surface area contributed by atoms with Crippen molar-refractivity contribution < 1.29 is 14.3 Å². The predicted octanol–water partition coefficient (Wildman–Crippen LogP) is 3.65. The number of amides is 1. The van der Waals surface area contributed by atoms with Crippen LogP contribution in [0.5, 0.6) is 11.5 Å². The van der Waals surface area contributed by atoms with Crippen molar-refractivity contribution in [2.24, 2.45) is 0 Å². The minimum Gasteiger partial charge on any atom is -0.495 e. The zero-order valence-corrected chi connectivity index (χ0v) is 16.8. The van der Waals surface area contributed by atoms with E-state index in [9.17, 15) is 9.59 Å². The van der Waals surface area contributed by atoms with Crippen molar-refractivity contribution >= 4 is 34.2 Å². The summed E-state index contributed by atoms with van der Waals surface area (Å²) in [5.74, 6) is 0.513. The van der Waals surface area contributed by atoms with Gasteiger partial charge >= 0.3 is 0 Å². The number of hydrogen-bond acceptors (Lipinski definition) is 5. The van der Waals surface area contributed by atoms with E-state index in [1.807, 2.05) is 6.92 Å². The van der Waals surface area contributed by atoms with Crippen LogP contribution in [0.3, 0.4) is 0 Å². The lowest BCUT2D eigenvalue weighted by atomic mass is 10.1. The van der Waals surface area contributed by atoms with Gasteiger partial charge in [-0.05, 0) is 38.1 Å². The number of anilines is 1. The highest BCUT2D eigenvalue weighted by Gasteiger charge is 2.15. The van der Waals surface area contributed by atoms with Gasteiger partial charge in [-0.3, -0.25) is 9.59 Å². The van der Waals surface area contributed by atoms with E-state index in [2.05, 4.69) is 10.3 Å². The zero-order valence-electron chi connectivity index (χ0n) is 16.0. The van der Waals surface area contributed by atoms with Crippen LogP contribution in [0, 0.1) is 6.92 Å². The van der Waals surface area contributed by atoms with Crippen molar-refractivity contribution in [3.8, 4) is 11.5 Å². The van der Waals surface area contributed by atoms with Crippen LogP contribution in [0.25, 0.3) is 11.0 Å². The highest BCUT2D eigenvalue weighted by molar-refractivity contribution is 6.32. The summed E-state index contributed by atoms with van der Waals surface area (Å²) < 4.78 is 12.1. The summed E-state index contributed by atoms with van der Waals surface area (Å²) in [5, 5.41) is 3.14. The van der Waals surface area contributed by atoms with Crippen molar-refractivity contribution in [3.05, 3.63) is 57.0 Å². The van der Waals surface area contributed by atoms with Crippen molar-refractivity contribution in [1.82, 2.24) is 9.55 Å². The van der Waals surface area contributed by atoms with Crippen molar-refractivity contribution in [2.45, 2.75) is 20.4 Å². The molecule has 1 heterocycles. The smallest absolute Gasteiger partial charge is 0.272 e. The standard InChI is InChI=1S/C20H20ClN3O4/c1-5-24-16-7-6-12(8-14(16)22-11(2)20(24)26)19(25)23-15-9-13(21)17(27-3)10-18(15)28-4/h6-10H,5H2,1-4H3,(H,23,25). The van der Waals surface area contributed by atoms with E-state index in [-0.39, 0.29) is 11.5 Å². The molecule has 7 nitrogen and oxygen atoms in total. The molecule has 8 heteroatoms. The molecule has 1 aromatic heterocycles. The third-order valence-electron chi connectivity index (χ3n) is 4.41. The molecule has 2 aromatic carbocycles. The van der Waals surface area contributed by atoms with Crippen molar-refractivity contribution in [3.63, 3.8) is 0 Å². The first-order valence-electron chi connectivity index (χ1n) is 8.63. The number of aromatic nitrogens is 2. The van der Waals surface area contributed by atoms with E-state index in [1.54, 1.807) is 41.8 Å². The fourth-order valence-corrected chi connectivity index (χ4v) is 3.22. The number of hydrogen-bond donors (Lipinski definition) is 1. The first-order valence-corrected chi connectivity index (χ1v) is 9.01. The summed E-state index contributed by atoms with van der Waals surface area (Å²) in [6.45, 7) is 4.07. The average molecular weight is 402 g/mol. The van der Waals surface area contributed by atoms with Crippen LogP contribution in [-0.2, 0) is 6.54 Å². The highest BCUT2D eigenvalue weighted by Crippen LogP contribution is 2.36. The fourth-order valence-electron chi connectivity index (χ4n) is 2.98. The van der Waals surface area contributed by atoms with E-state index in [0.29, 0.717) is 51.0 Å². The monoisotopic (exact) mass is 401 g/mol. The molecule has 0 atom stereocenters. The Morgan fingerprint density at radius 3 is 2.54 bits per heavy atom. The van der Waals surface area contributed by atoms with E-state index >= 15 is 0 Å². The van der Waals surface area contributed by atoms with Gasteiger partial charge in [0.05, 0.1) is 36.0 Å². The zero-order chi connectivity index (χ0) is 20.4. The Labute approximate surface area is 166 Å². The average Bonchev–Trinajstić information content (AvgIpc) is 2.69. The van der Waals surface area contributed by atoms with Gasteiger partial charge in [0.1, 0.15) is 17.2 Å². The number of carbonyl (C=O) groups is 1. The van der Waals surface area contributed by atoms with E-state index in [4.69, 9.17) is 21.1 Å². The summed E-state index contributed by atoms with van der Waals surface area (Å²) in [6, 6.07) is 8.19. The molecule has 0 saturated carbocycles. The van der Waals surface area contributed by atoms with Gasteiger partial charge in [-0.25, -0.2) is 4.98 Å². The molecule has 0 fully saturated rings. The quantitative estimate of drug-likeness (QED) is 0.705. The molecular formula is C20H20ClN3O4. The predicted molar refractivity (Wildman–Crippen MR) is 109 cm³/mol. The van der Waals surface area contributed by atoms with Crippen LogP contribution in [-0.4, -0.2) is 29.7 Å². The van der Waals surface area contributed by atoms with Crippen LogP contribution < -0.4 is 20.3 Å². The Bertz CT molecular complexity index is 1120. The number of fused-ring (bicyclic) bond motifs is 1. The molecular weight excluding hydrogens is 382 g/mol. The maximum Gasteiger partial charge on any atom is 0.272 e. The Morgan fingerprint density at radius 1 is 1.18 bits per heavy atom. The summed E-state index contributed by atoms with van der Waals surface area (Å²) >= 11 is 6.16. The number of benzene rings is 2. The molecule has 0 unspecified atom stereocenters. The number of nitrogens with zero attached hydrogens (tertiary/aromatic N) is 2. The first kappa shape index (κ1) is 19.7. The maximum absolute atomic E-state index is 12.8. The molecule has 1 amide bonds. The SMILES string of the molecule is CCn1c(=O)c(C)nc2cc(C(=O)Nc3cc(Cl)c(OC)cc3OC)ccc21. The number of rotatable bonds is 5. The third kappa shape index (κ3) is 3.53. The minimum atomic E-state index is -0.352. The van der Waals surface area contributed by atoms with Gasteiger partial charge in [0.2, 0.25) is 0 Å². The van der Waals surface area contributed by atoms with Gasteiger partial charge in [0, 0.05) is 18.2 Å². The van der Waals surface area contributed by atoms with Crippen molar-refractivity contribution in [1.29, 1.82) is 0 Å². The van der Waals surface area contributed by atoms with Gasteiger partial charge in [0.25, 0.3) is 11.5 Å². The van der Waals surface area contributed by atoms with Crippen LogP contribution in [0.15, 0.2) is 35.1 Å². The fraction of sp³-hybridized carbons (Fsp3) is 0.250. The van der Waals surface area contributed by atoms with Crippen LogP contribution in [0.1, 0.15) is 23.0 Å². The largest absolute Gasteiger partial charge is 0.495 e. The summed E-state index contributed by atoms with van der Waals surface area (Å²) in [6.07, 6.45) is 0. The Kier molecular flexibility index (Phi) is 5.56. The van der Waals surface area contributed by atoms with Crippen LogP contribution in [0.2, 0.25) is 5.02 Å². The van der Waals surface area contributed by atoms with Crippen LogP contribution >= 0.6 is 11.6 Å². The van der Waals surface area contributed by atoms with E-state index < -0.39 is 0 Å². The Balaban J connectivity index is 2.00. The summed E-state index contributed by atoms with van der Waals surface area (Å²) in [5.41, 5.74) is 2.32. The molecule has 3 rings (SSSR count). The highest BCUT2D eigenvalue weighted by atomic mass is 35.5. The van der Waals surface area contributed by atoms with Gasteiger partial charge < -0.3 is 19.4 Å². The lowest BCUT2D eigenvalue weighted by Crippen LogP contribution is -2.23. The third-order valence-corrected chi connectivity index (χ3v) is 4.70. The second kappa shape index (κ2) is 7.90.